The molecule has 1 amide bonds. The van der Waals surface area contributed by atoms with Crippen molar-refractivity contribution in [1.29, 1.82) is 0 Å². The second-order valence-electron chi connectivity index (χ2n) is 7.04. The van der Waals surface area contributed by atoms with E-state index in [1.807, 2.05) is 0 Å². The van der Waals surface area contributed by atoms with Crippen LogP contribution in [0.5, 0.6) is 5.75 Å². The van der Waals surface area contributed by atoms with Crippen LogP contribution in [-0.2, 0) is 14.8 Å². The Labute approximate surface area is 169 Å². The molecule has 1 aromatic rings. The Hall–Kier alpha value is -1.28. The summed E-state index contributed by atoms with van der Waals surface area (Å²) < 4.78 is 30.8. The molecular formula is C18H22Cl2N2O4S. The molecule has 27 heavy (non-hydrogen) atoms. The number of piperidine rings is 1. The summed E-state index contributed by atoms with van der Waals surface area (Å²) in [6.45, 7) is 5.51. The summed E-state index contributed by atoms with van der Waals surface area (Å²) in [5.41, 5.74) is -0.0131. The molecule has 0 radical (unpaired) electrons. The van der Waals surface area contributed by atoms with Crippen LogP contribution >= 0.6 is 23.2 Å². The number of rotatable bonds is 5. The largest absolute Gasteiger partial charge is 0.482 e. The number of halogens is 2. The monoisotopic (exact) mass is 432 g/mol. The Morgan fingerprint density at radius 2 is 1.89 bits per heavy atom. The zero-order valence-corrected chi connectivity index (χ0v) is 17.2. The predicted molar refractivity (Wildman–Crippen MR) is 106 cm³/mol. The van der Waals surface area contributed by atoms with Gasteiger partial charge in [0.15, 0.2) is 6.61 Å². The van der Waals surface area contributed by atoms with E-state index in [9.17, 15) is 13.2 Å². The van der Waals surface area contributed by atoms with E-state index in [0.717, 1.165) is 24.7 Å². The smallest absolute Gasteiger partial charge is 0.260 e. The number of carbonyl (C=O) groups excluding carboxylic acids is 1. The van der Waals surface area contributed by atoms with Crippen LogP contribution in [0.15, 0.2) is 30.2 Å². The second kappa shape index (κ2) is 7.99. The lowest BCUT2D eigenvalue weighted by Gasteiger charge is -2.38. The Balaban J connectivity index is 1.53. The molecule has 0 unspecified atom stereocenters. The van der Waals surface area contributed by atoms with Gasteiger partial charge in [0.1, 0.15) is 5.75 Å². The van der Waals surface area contributed by atoms with Gasteiger partial charge in [0, 0.05) is 36.6 Å². The summed E-state index contributed by atoms with van der Waals surface area (Å²) in [5, 5.41) is 1.86. The quantitative estimate of drug-likeness (QED) is 0.716. The maximum Gasteiger partial charge on any atom is 0.260 e. The van der Waals surface area contributed by atoms with Crippen LogP contribution in [0.25, 0.3) is 0 Å². The average Bonchev–Trinajstić information content (AvgIpc) is 3.05. The van der Waals surface area contributed by atoms with Crippen LogP contribution in [-0.4, -0.2) is 56.3 Å². The molecule has 0 bridgehead atoms. The highest BCUT2D eigenvalue weighted by molar-refractivity contribution is 7.92. The molecule has 9 heteroatoms. The van der Waals surface area contributed by atoms with Gasteiger partial charge in [-0.15, -0.1) is 0 Å². The molecule has 3 rings (SSSR count). The number of benzene rings is 1. The van der Waals surface area contributed by atoms with Gasteiger partial charge >= 0.3 is 0 Å². The number of sulfonamides is 1. The molecule has 6 nitrogen and oxygen atoms in total. The highest BCUT2D eigenvalue weighted by Crippen LogP contribution is 2.41. The fraction of sp³-hybridized carbons (Fsp3) is 0.500. The van der Waals surface area contributed by atoms with Gasteiger partial charge < -0.3 is 9.64 Å². The van der Waals surface area contributed by atoms with Gasteiger partial charge in [0.2, 0.25) is 10.0 Å². The fourth-order valence-electron chi connectivity index (χ4n) is 3.70. The topological polar surface area (TPSA) is 66.9 Å². The fourth-order valence-corrected chi connectivity index (χ4v) is 5.06. The first-order chi connectivity index (χ1) is 12.7. The lowest BCUT2D eigenvalue weighted by atomic mass is 9.78. The van der Waals surface area contributed by atoms with Crippen LogP contribution in [0.3, 0.4) is 0 Å². The molecule has 2 aliphatic rings. The minimum atomic E-state index is -3.37. The van der Waals surface area contributed by atoms with E-state index in [1.165, 1.54) is 4.31 Å². The first-order valence-corrected chi connectivity index (χ1v) is 11.0. The predicted octanol–water partition coefficient (Wildman–Crippen LogP) is 3.16. The Morgan fingerprint density at radius 1 is 1.22 bits per heavy atom. The van der Waals surface area contributed by atoms with Crippen molar-refractivity contribution in [2.75, 3.05) is 32.8 Å². The third-order valence-corrected chi connectivity index (χ3v) is 7.43. The molecule has 2 aliphatic heterocycles. The summed E-state index contributed by atoms with van der Waals surface area (Å²) >= 11 is 11.9. The van der Waals surface area contributed by atoms with Crippen LogP contribution < -0.4 is 4.74 Å². The molecular weight excluding hydrogens is 411 g/mol. The van der Waals surface area contributed by atoms with Gasteiger partial charge in [-0.2, -0.15) is 4.31 Å². The molecule has 2 saturated heterocycles. The third-order valence-electron chi connectivity index (χ3n) is 5.39. The van der Waals surface area contributed by atoms with E-state index in [4.69, 9.17) is 27.9 Å². The lowest BCUT2D eigenvalue weighted by molar-refractivity contribution is -0.132. The number of ether oxygens (including phenoxy) is 1. The zero-order chi connectivity index (χ0) is 19.7. The number of carbonyl (C=O) groups is 1. The number of hydrogen-bond donors (Lipinski definition) is 0. The van der Waals surface area contributed by atoms with Gasteiger partial charge in [-0.1, -0.05) is 29.8 Å². The summed E-state index contributed by atoms with van der Waals surface area (Å²) in [6.07, 6.45) is 2.36. The minimum absolute atomic E-state index is 0.0131. The van der Waals surface area contributed by atoms with Crippen LogP contribution in [0.1, 0.15) is 19.3 Å². The van der Waals surface area contributed by atoms with Crippen molar-refractivity contribution < 1.29 is 17.9 Å². The standard InChI is InChI=1S/C18H22Cl2N2O4S/c1-2-27(24,25)22-9-6-18(7-10-22)5-8-21(13-18)17(23)12-26-16-4-3-14(19)11-15(16)20/h2-4,11H,1,5-10,12-13H2. The van der Waals surface area contributed by atoms with E-state index in [2.05, 4.69) is 6.58 Å². The van der Waals surface area contributed by atoms with Crippen LogP contribution in [0.4, 0.5) is 0 Å². The van der Waals surface area contributed by atoms with Crippen molar-refractivity contribution in [3.63, 3.8) is 0 Å². The number of amides is 1. The Morgan fingerprint density at radius 3 is 2.52 bits per heavy atom. The molecule has 0 N–H and O–H groups in total. The number of hydrogen-bond acceptors (Lipinski definition) is 4. The van der Waals surface area contributed by atoms with Gasteiger partial charge in [-0.25, -0.2) is 8.42 Å². The molecule has 2 fully saturated rings. The maximum absolute atomic E-state index is 12.5. The molecule has 2 heterocycles. The van der Waals surface area contributed by atoms with Gasteiger partial charge in [0.25, 0.3) is 5.91 Å². The van der Waals surface area contributed by atoms with Crippen LogP contribution in [0.2, 0.25) is 10.0 Å². The van der Waals surface area contributed by atoms with E-state index < -0.39 is 10.0 Å². The Bertz CT molecular complexity index is 836. The molecule has 0 aromatic heterocycles. The van der Waals surface area contributed by atoms with Crippen LogP contribution in [0, 0.1) is 5.41 Å². The summed E-state index contributed by atoms with van der Waals surface area (Å²) in [5.74, 6) is 0.324. The van der Waals surface area contributed by atoms with E-state index >= 15 is 0 Å². The number of nitrogens with zero attached hydrogens (tertiary/aromatic N) is 2. The minimum Gasteiger partial charge on any atom is -0.482 e. The average molecular weight is 433 g/mol. The first-order valence-electron chi connectivity index (χ1n) is 8.73. The summed E-state index contributed by atoms with van der Waals surface area (Å²) in [7, 11) is -3.37. The van der Waals surface area contributed by atoms with Crippen molar-refractivity contribution in [2.45, 2.75) is 19.3 Å². The van der Waals surface area contributed by atoms with Crippen molar-refractivity contribution in [2.24, 2.45) is 5.41 Å². The molecule has 0 atom stereocenters. The molecule has 0 aliphatic carbocycles. The third kappa shape index (κ3) is 4.59. The molecule has 148 valence electrons. The normalized spacial score (nSPS) is 20.0. The molecule has 1 aromatic carbocycles. The summed E-state index contributed by atoms with van der Waals surface area (Å²) in [6, 6.07) is 4.86. The van der Waals surface area contributed by atoms with Crippen molar-refractivity contribution in [3.8, 4) is 5.75 Å². The SMILES string of the molecule is C=CS(=O)(=O)N1CCC2(CCN(C(=O)COc3ccc(Cl)cc3Cl)C2)CC1. The second-order valence-corrected chi connectivity index (χ2v) is 9.76. The Kier molecular flexibility index (Phi) is 6.05. The lowest BCUT2D eigenvalue weighted by Crippen LogP contribution is -2.44. The highest BCUT2D eigenvalue weighted by Gasteiger charge is 2.43. The first kappa shape index (κ1) is 20.5. The molecule has 0 saturated carbocycles. The zero-order valence-electron chi connectivity index (χ0n) is 14.9. The van der Waals surface area contributed by atoms with Crippen molar-refractivity contribution in [1.82, 2.24) is 9.21 Å². The summed E-state index contributed by atoms with van der Waals surface area (Å²) in [4.78, 5) is 14.3. The number of likely N-dealkylation sites (tertiary alicyclic amines) is 1. The maximum atomic E-state index is 12.5. The van der Waals surface area contributed by atoms with Gasteiger partial charge in [0.05, 0.1) is 5.02 Å². The van der Waals surface area contributed by atoms with E-state index in [1.54, 1.807) is 23.1 Å². The van der Waals surface area contributed by atoms with Crippen molar-refractivity contribution >= 4 is 39.1 Å². The van der Waals surface area contributed by atoms with E-state index in [0.29, 0.717) is 42.0 Å². The van der Waals surface area contributed by atoms with Gasteiger partial charge in [-0.3, -0.25) is 4.79 Å². The van der Waals surface area contributed by atoms with E-state index in [-0.39, 0.29) is 17.9 Å². The molecule has 1 spiro atoms. The van der Waals surface area contributed by atoms with Crippen molar-refractivity contribution in [3.05, 3.63) is 40.2 Å². The highest BCUT2D eigenvalue weighted by atomic mass is 35.5. The van der Waals surface area contributed by atoms with Gasteiger partial charge in [-0.05, 0) is 42.9 Å².